The van der Waals surface area contributed by atoms with Gasteiger partial charge in [0.15, 0.2) is 4.80 Å². The van der Waals surface area contributed by atoms with Crippen molar-refractivity contribution in [2.45, 2.75) is 20.4 Å². The normalized spacial score (nSPS) is 12.1. The molecule has 3 aromatic rings. The fourth-order valence-electron chi connectivity index (χ4n) is 2.54. The number of fused-ring (bicyclic) bond motifs is 1. The Morgan fingerprint density at radius 3 is 2.78 bits per heavy atom. The Bertz CT molecular complexity index is 974. The first-order valence-electron chi connectivity index (χ1n) is 7.14. The van der Waals surface area contributed by atoms with Crippen LogP contribution in [0.2, 0.25) is 5.02 Å². The van der Waals surface area contributed by atoms with Crippen molar-refractivity contribution in [3.63, 3.8) is 0 Å². The summed E-state index contributed by atoms with van der Waals surface area (Å²) in [7, 11) is 0. The van der Waals surface area contributed by atoms with E-state index < -0.39 is 11.7 Å². The summed E-state index contributed by atoms with van der Waals surface area (Å²) in [6.45, 7) is 4.61. The largest absolute Gasteiger partial charge is 0.316 e. The second kappa shape index (κ2) is 6.26. The molecule has 0 atom stereocenters. The van der Waals surface area contributed by atoms with Crippen molar-refractivity contribution in [2.24, 2.45) is 4.99 Å². The van der Waals surface area contributed by atoms with Crippen molar-refractivity contribution in [3.05, 3.63) is 63.2 Å². The molecule has 0 radical (unpaired) electrons. The highest BCUT2D eigenvalue weighted by molar-refractivity contribution is 7.16. The van der Waals surface area contributed by atoms with Crippen LogP contribution in [0.25, 0.3) is 10.2 Å². The van der Waals surface area contributed by atoms with E-state index in [9.17, 15) is 9.18 Å². The molecule has 1 heterocycles. The number of aryl methyl sites for hydroxylation is 2. The lowest BCUT2D eigenvalue weighted by Crippen LogP contribution is -2.16. The molecule has 0 aliphatic heterocycles. The molecule has 1 amide bonds. The third kappa shape index (κ3) is 2.94. The van der Waals surface area contributed by atoms with Gasteiger partial charge in [-0.05, 0) is 43.7 Å². The minimum absolute atomic E-state index is 0.0256. The molecule has 1 aromatic heterocycles. The predicted molar refractivity (Wildman–Crippen MR) is 91.5 cm³/mol. The fraction of sp³-hybridized carbons (Fsp3) is 0.176. The molecule has 23 heavy (non-hydrogen) atoms. The van der Waals surface area contributed by atoms with Crippen molar-refractivity contribution in [3.8, 4) is 0 Å². The third-order valence-corrected chi connectivity index (χ3v) is 4.79. The summed E-state index contributed by atoms with van der Waals surface area (Å²) in [5, 5.41) is 0.645. The maximum Gasteiger partial charge on any atom is 0.282 e. The molecule has 0 aliphatic carbocycles. The second-order valence-electron chi connectivity index (χ2n) is 5.10. The van der Waals surface area contributed by atoms with Gasteiger partial charge in [0, 0.05) is 11.6 Å². The monoisotopic (exact) mass is 348 g/mol. The number of carbonyl (C=O) groups is 1. The van der Waals surface area contributed by atoms with Gasteiger partial charge in [-0.2, -0.15) is 4.99 Å². The molecule has 0 saturated heterocycles. The molecule has 3 nitrogen and oxygen atoms in total. The van der Waals surface area contributed by atoms with E-state index in [0.717, 1.165) is 15.8 Å². The molecular formula is C17H14ClFN2OS. The van der Waals surface area contributed by atoms with Gasteiger partial charge < -0.3 is 4.57 Å². The van der Waals surface area contributed by atoms with Crippen LogP contribution in [0, 0.1) is 12.7 Å². The number of hydrogen-bond acceptors (Lipinski definition) is 2. The van der Waals surface area contributed by atoms with Crippen LogP contribution in [0.4, 0.5) is 4.39 Å². The number of amides is 1. The molecule has 2 aromatic carbocycles. The highest BCUT2D eigenvalue weighted by Crippen LogP contribution is 2.25. The van der Waals surface area contributed by atoms with Crippen molar-refractivity contribution >= 4 is 39.1 Å². The number of benzene rings is 2. The number of carbonyl (C=O) groups excluding carboxylic acids is 1. The minimum atomic E-state index is -0.583. The van der Waals surface area contributed by atoms with Crippen LogP contribution in [0.3, 0.4) is 0 Å². The SMILES string of the molecule is CCn1c(=NC(=O)c2ccccc2F)sc2cc(Cl)cc(C)c21. The van der Waals surface area contributed by atoms with Gasteiger partial charge in [0.05, 0.1) is 15.8 Å². The van der Waals surface area contributed by atoms with Crippen LogP contribution in [0.1, 0.15) is 22.8 Å². The van der Waals surface area contributed by atoms with Gasteiger partial charge >= 0.3 is 0 Å². The van der Waals surface area contributed by atoms with Crippen molar-refractivity contribution < 1.29 is 9.18 Å². The highest BCUT2D eigenvalue weighted by atomic mass is 35.5. The van der Waals surface area contributed by atoms with E-state index in [1.807, 2.05) is 30.5 Å². The number of thiazole rings is 1. The average molecular weight is 349 g/mol. The summed E-state index contributed by atoms with van der Waals surface area (Å²) in [6.07, 6.45) is 0. The first-order valence-corrected chi connectivity index (χ1v) is 8.33. The Morgan fingerprint density at radius 2 is 2.09 bits per heavy atom. The van der Waals surface area contributed by atoms with Gasteiger partial charge in [0.25, 0.3) is 5.91 Å². The summed E-state index contributed by atoms with van der Waals surface area (Å²) in [4.78, 5) is 17.0. The zero-order valence-corrected chi connectivity index (χ0v) is 14.2. The molecule has 0 N–H and O–H groups in total. The van der Waals surface area contributed by atoms with E-state index in [1.165, 1.54) is 23.5 Å². The second-order valence-corrected chi connectivity index (χ2v) is 6.54. The molecule has 6 heteroatoms. The molecule has 0 unspecified atom stereocenters. The van der Waals surface area contributed by atoms with Gasteiger partial charge in [-0.25, -0.2) is 4.39 Å². The molecule has 3 rings (SSSR count). The van der Waals surface area contributed by atoms with Gasteiger partial charge in [-0.1, -0.05) is 35.1 Å². The maximum atomic E-state index is 13.7. The Hall–Kier alpha value is -1.98. The highest BCUT2D eigenvalue weighted by Gasteiger charge is 2.13. The van der Waals surface area contributed by atoms with Crippen LogP contribution in [-0.2, 0) is 6.54 Å². The number of hydrogen-bond donors (Lipinski definition) is 0. The molecule has 0 saturated carbocycles. The zero-order chi connectivity index (χ0) is 16.6. The topological polar surface area (TPSA) is 34.4 Å². The first kappa shape index (κ1) is 15.9. The fourth-order valence-corrected chi connectivity index (χ4v) is 4.08. The number of halogens is 2. The van der Waals surface area contributed by atoms with E-state index in [2.05, 4.69) is 4.99 Å². The Balaban J connectivity index is 2.22. The Labute approximate surface area is 141 Å². The van der Waals surface area contributed by atoms with E-state index in [-0.39, 0.29) is 5.56 Å². The standard InChI is InChI=1S/C17H14ClFN2OS/c1-3-21-15-10(2)8-11(18)9-14(15)23-17(21)20-16(22)12-6-4-5-7-13(12)19/h4-9H,3H2,1-2H3. The lowest BCUT2D eigenvalue weighted by Gasteiger charge is -2.04. The van der Waals surface area contributed by atoms with Crippen molar-refractivity contribution in [1.82, 2.24) is 4.57 Å². The molecule has 0 fully saturated rings. The summed E-state index contributed by atoms with van der Waals surface area (Å²) >= 11 is 7.48. The summed E-state index contributed by atoms with van der Waals surface area (Å²) in [5.41, 5.74) is 2.00. The number of nitrogens with zero attached hydrogens (tertiary/aromatic N) is 2. The Kier molecular flexibility index (Phi) is 4.33. The lowest BCUT2D eigenvalue weighted by molar-refractivity contribution is 0.0994. The van der Waals surface area contributed by atoms with Crippen molar-refractivity contribution in [1.29, 1.82) is 0 Å². The molecule has 0 spiro atoms. The number of aromatic nitrogens is 1. The van der Waals surface area contributed by atoms with Crippen LogP contribution < -0.4 is 4.80 Å². The van der Waals surface area contributed by atoms with E-state index in [1.54, 1.807) is 12.1 Å². The first-order chi connectivity index (χ1) is 11.0. The van der Waals surface area contributed by atoms with E-state index in [4.69, 9.17) is 11.6 Å². The quantitative estimate of drug-likeness (QED) is 0.668. The van der Waals surface area contributed by atoms with Crippen LogP contribution in [0.15, 0.2) is 41.4 Å². The van der Waals surface area contributed by atoms with Crippen LogP contribution in [-0.4, -0.2) is 10.5 Å². The van der Waals surface area contributed by atoms with E-state index in [0.29, 0.717) is 16.4 Å². The molecule has 118 valence electrons. The van der Waals surface area contributed by atoms with Crippen molar-refractivity contribution in [2.75, 3.05) is 0 Å². The van der Waals surface area contributed by atoms with Gasteiger partial charge in [-0.3, -0.25) is 4.79 Å². The summed E-state index contributed by atoms with van der Waals surface area (Å²) in [6, 6.07) is 9.59. The van der Waals surface area contributed by atoms with Gasteiger partial charge in [-0.15, -0.1) is 0 Å². The maximum absolute atomic E-state index is 13.7. The third-order valence-electron chi connectivity index (χ3n) is 3.55. The smallest absolute Gasteiger partial charge is 0.282 e. The lowest BCUT2D eigenvalue weighted by atomic mass is 10.2. The van der Waals surface area contributed by atoms with Gasteiger partial charge in [0.2, 0.25) is 0 Å². The van der Waals surface area contributed by atoms with Crippen LogP contribution >= 0.6 is 22.9 Å². The summed E-state index contributed by atoms with van der Waals surface area (Å²) in [5.74, 6) is -1.15. The molecular weight excluding hydrogens is 335 g/mol. The zero-order valence-electron chi connectivity index (χ0n) is 12.6. The van der Waals surface area contributed by atoms with Crippen LogP contribution in [0.5, 0.6) is 0 Å². The summed E-state index contributed by atoms with van der Waals surface area (Å²) < 4.78 is 16.6. The predicted octanol–water partition coefficient (Wildman–Crippen LogP) is 4.56. The Morgan fingerprint density at radius 1 is 1.35 bits per heavy atom. The van der Waals surface area contributed by atoms with Gasteiger partial charge in [0.1, 0.15) is 5.82 Å². The minimum Gasteiger partial charge on any atom is -0.316 e. The molecule has 0 bridgehead atoms. The van der Waals surface area contributed by atoms with E-state index >= 15 is 0 Å². The average Bonchev–Trinajstić information content (AvgIpc) is 2.84. The molecule has 0 aliphatic rings. The number of rotatable bonds is 2.